The Kier molecular flexibility index (Phi) is 4.44. The normalized spacial score (nSPS) is 13.6. The first-order valence-electron chi connectivity index (χ1n) is 4.71. The van der Waals surface area contributed by atoms with Crippen LogP contribution >= 0.6 is 11.6 Å². The van der Waals surface area contributed by atoms with Crippen LogP contribution in [0.2, 0.25) is 5.02 Å². The quantitative estimate of drug-likeness (QED) is 0.802. The Hall–Kier alpha value is -0.940. The summed E-state index contributed by atoms with van der Waals surface area (Å²) in [6, 6.07) is 6.72. The molecule has 16 heavy (non-hydrogen) atoms. The Bertz CT molecular complexity index is 341. The van der Waals surface area contributed by atoms with Gasteiger partial charge in [0.2, 0.25) is 0 Å². The zero-order chi connectivity index (χ0) is 12.2. The third-order valence-corrected chi connectivity index (χ3v) is 2.26. The van der Waals surface area contributed by atoms with Gasteiger partial charge in [0.1, 0.15) is 0 Å². The highest BCUT2D eigenvalue weighted by Crippen LogP contribution is 2.24. The number of halogens is 4. The first-order chi connectivity index (χ1) is 7.39. The molecule has 1 aromatic rings. The second kappa shape index (κ2) is 5.41. The Labute approximate surface area is 96.8 Å². The van der Waals surface area contributed by atoms with E-state index >= 15 is 0 Å². The van der Waals surface area contributed by atoms with Crippen LogP contribution in [0.3, 0.4) is 0 Å². The molecule has 1 rings (SSSR count). The number of benzene rings is 1. The van der Waals surface area contributed by atoms with Crippen molar-refractivity contribution in [2.45, 2.75) is 13.1 Å². The predicted molar refractivity (Wildman–Crippen MR) is 58.3 cm³/mol. The maximum absolute atomic E-state index is 12.2. The lowest BCUT2D eigenvalue weighted by atomic mass is 10.2. The molecule has 0 aliphatic heterocycles. The maximum Gasteiger partial charge on any atom is 0.392 e. The topological polar surface area (TPSA) is 24.1 Å². The summed E-state index contributed by atoms with van der Waals surface area (Å²) in [6.07, 6.45) is -4.18. The van der Waals surface area contributed by atoms with Crippen molar-refractivity contribution in [1.29, 1.82) is 0 Å². The monoisotopic (exact) mass is 252 g/mol. The number of hydrogen-bond acceptors (Lipinski definition) is 2. The van der Waals surface area contributed by atoms with E-state index in [0.29, 0.717) is 10.7 Å². The molecule has 0 saturated heterocycles. The van der Waals surface area contributed by atoms with Gasteiger partial charge in [-0.1, -0.05) is 24.6 Å². The van der Waals surface area contributed by atoms with E-state index in [2.05, 4.69) is 10.9 Å². The average molecular weight is 253 g/mol. The average Bonchev–Trinajstić information content (AvgIpc) is 2.16. The lowest BCUT2D eigenvalue weighted by Crippen LogP contribution is -2.34. The molecule has 0 fully saturated rings. The third-order valence-electron chi connectivity index (χ3n) is 2.02. The molecule has 0 bridgehead atoms. The summed E-state index contributed by atoms with van der Waals surface area (Å²) >= 11 is 5.71. The summed E-state index contributed by atoms with van der Waals surface area (Å²) in [6.45, 7) is 0.919. The predicted octanol–water partition coefficient (Wildman–Crippen LogP) is 3.45. The smallest absolute Gasteiger partial charge is 0.321 e. The van der Waals surface area contributed by atoms with Crippen LogP contribution < -0.4 is 10.9 Å². The van der Waals surface area contributed by atoms with E-state index in [9.17, 15) is 13.2 Å². The minimum Gasteiger partial charge on any atom is -0.321 e. The molecule has 0 radical (unpaired) electrons. The van der Waals surface area contributed by atoms with Crippen LogP contribution in [0.5, 0.6) is 0 Å². The number of hydrazine groups is 1. The van der Waals surface area contributed by atoms with Crippen molar-refractivity contribution in [3.8, 4) is 0 Å². The SMILES string of the molecule is CC(CNNc1cccc(Cl)c1)C(F)(F)F. The van der Waals surface area contributed by atoms with E-state index < -0.39 is 12.1 Å². The van der Waals surface area contributed by atoms with Gasteiger partial charge in [0.05, 0.1) is 11.6 Å². The van der Waals surface area contributed by atoms with Gasteiger partial charge < -0.3 is 5.43 Å². The zero-order valence-corrected chi connectivity index (χ0v) is 9.36. The van der Waals surface area contributed by atoms with E-state index in [-0.39, 0.29) is 6.54 Å². The molecular formula is C10H12ClF3N2. The van der Waals surface area contributed by atoms with Gasteiger partial charge in [0.25, 0.3) is 0 Å². The fraction of sp³-hybridized carbons (Fsp3) is 0.400. The molecule has 0 saturated carbocycles. The highest BCUT2D eigenvalue weighted by atomic mass is 35.5. The largest absolute Gasteiger partial charge is 0.392 e. The van der Waals surface area contributed by atoms with Gasteiger partial charge in [-0.3, -0.25) is 0 Å². The van der Waals surface area contributed by atoms with Crippen molar-refractivity contribution in [2.24, 2.45) is 5.92 Å². The molecule has 1 atom stereocenters. The van der Waals surface area contributed by atoms with Crippen molar-refractivity contribution < 1.29 is 13.2 Å². The molecule has 0 heterocycles. The molecule has 0 spiro atoms. The Morgan fingerprint density at radius 2 is 2.06 bits per heavy atom. The van der Waals surface area contributed by atoms with Crippen LogP contribution in [0.1, 0.15) is 6.92 Å². The summed E-state index contributed by atoms with van der Waals surface area (Å²) in [4.78, 5) is 0. The maximum atomic E-state index is 12.2. The van der Waals surface area contributed by atoms with Crippen LogP contribution in [-0.4, -0.2) is 12.7 Å². The zero-order valence-electron chi connectivity index (χ0n) is 8.61. The van der Waals surface area contributed by atoms with Crippen LogP contribution in [0, 0.1) is 5.92 Å². The lowest BCUT2D eigenvalue weighted by Gasteiger charge is -2.17. The fourth-order valence-electron chi connectivity index (χ4n) is 0.988. The summed E-state index contributed by atoms with van der Waals surface area (Å²) in [5, 5.41) is 0.524. The second-order valence-corrected chi connectivity index (χ2v) is 3.90. The Balaban J connectivity index is 2.36. The highest BCUT2D eigenvalue weighted by molar-refractivity contribution is 6.30. The molecule has 1 aromatic carbocycles. The molecule has 0 amide bonds. The van der Waals surface area contributed by atoms with Crippen LogP contribution in [0.15, 0.2) is 24.3 Å². The summed E-state index contributed by atoms with van der Waals surface area (Å²) < 4.78 is 36.5. The van der Waals surface area contributed by atoms with E-state index in [4.69, 9.17) is 11.6 Å². The number of nitrogens with one attached hydrogen (secondary N) is 2. The van der Waals surface area contributed by atoms with Gasteiger partial charge >= 0.3 is 6.18 Å². The number of alkyl halides is 3. The molecule has 90 valence electrons. The highest BCUT2D eigenvalue weighted by Gasteiger charge is 2.35. The summed E-state index contributed by atoms with van der Waals surface area (Å²) in [7, 11) is 0. The van der Waals surface area contributed by atoms with Gasteiger partial charge in [-0.2, -0.15) is 13.2 Å². The first-order valence-corrected chi connectivity index (χ1v) is 5.08. The number of anilines is 1. The lowest BCUT2D eigenvalue weighted by molar-refractivity contribution is -0.167. The third kappa shape index (κ3) is 4.28. The second-order valence-electron chi connectivity index (χ2n) is 3.46. The van der Waals surface area contributed by atoms with Crippen molar-refractivity contribution in [1.82, 2.24) is 5.43 Å². The van der Waals surface area contributed by atoms with Gasteiger partial charge in [0, 0.05) is 11.6 Å². The van der Waals surface area contributed by atoms with Gasteiger partial charge in [-0.05, 0) is 18.2 Å². The molecular weight excluding hydrogens is 241 g/mol. The molecule has 0 aliphatic carbocycles. The first kappa shape index (κ1) is 13.1. The van der Waals surface area contributed by atoms with Gasteiger partial charge in [-0.25, -0.2) is 5.43 Å². The number of hydrogen-bond donors (Lipinski definition) is 2. The molecule has 2 N–H and O–H groups in total. The molecule has 0 aromatic heterocycles. The fourth-order valence-corrected chi connectivity index (χ4v) is 1.18. The van der Waals surface area contributed by atoms with Crippen LogP contribution in [0.25, 0.3) is 0 Å². The van der Waals surface area contributed by atoms with Crippen molar-refractivity contribution in [3.63, 3.8) is 0 Å². The van der Waals surface area contributed by atoms with Gasteiger partial charge in [-0.15, -0.1) is 0 Å². The minimum absolute atomic E-state index is 0.198. The Morgan fingerprint density at radius 3 is 2.62 bits per heavy atom. The van der Waals surface area contributed by atoms with Crippen LogP contribution in [0.4, 0.5) is 18.9 Å². The van der Waals surface area contributed by atoms with E-state index in [1.54, 1.807) is 24.3 Å². The van der Waals surface area contributed by atoms with Crippen molar-refractivity contribution in [3.05, 3.63) is 29.3 Å². The molecule has 6 heteroatoms. The molecule has 2 nitrogen and oxygen atoms in total. The number of rotatable bonds is 4. The molecule has 1 unspecified atom stereocenters. The summed E-state index contributed by atoms with van der Waals surface area (Å²) in [5.41, 5.74) is 5.79. The van der Waals surface area contributed by atoms with Crippen molar-refractivity contribution >= 4 is 17.3 Å². The van der Waals surface area contributed by atoms with E-state index in [1.807, 2.05) is 0 Å². The van der Waals surface area contributed by atoms with Crippen LogP contribution in [-0.2, 0) is 0 Å². The van der Waals surface area contributed by atoms with E-state index in [0.717, 1.165) is 6.92 Å². The summed E-state index contributed by atoms with van der Waals surface area (Å²) in [5.74, 6) is -1.40. The standard InChI is InChI=1S/C10H12ClF3N2/c1-7(10(12,13)14)6-15-16-9-4-2-3-8(11)5-9/h2-5,7,15-16H,6H2,1H3. The molecule has 0 aliphatic rings. The van der Waals surface area contributed by atoms with Crippen molar-refractivity contribution in [2.75, 3.05) is 12.0 Å². The van der Waals surface area contributed by atoms with Gasteiger partial charge in [0.15, 0.2) is 0 Å². The van der Waals surface area contributed by atoms with E-state index in [1.165, 1.54) is 0 Å². The Morgan fingerprint density at radius 1 is 1.38 bits per heavy atom. The minimum atomic E-state index is -4.18.